The highest BCUT2D eigenvalue weighted by Crippen LogP contribution is 2.27. The third-order valence-corrected chi connectivity index (χ3v) is 9.01. The Morgan fingerprint density at radius 3 is 2.09 bits per heavy atom. The predicted octanol–water partition coefficient (Wildman–Crippen LogP) is 0.869. The molecule has 1 saturated carbocycles. The molecule has 0 saturated heterocycles. The van der Waals surface area contributed by atoms with E-state index in [-0.39, 0.29) is 36.7 Å². The molecular weight excluding hydrogens is 590 g/mol. The molecule has 8 N–H and O–H groups in total. The summed E-state index contributed by atoms with van der Waals surface area (Å²) in [7, 11) is 1.61. The SMILES string of the molecule is CCCCCCN(CCNC(=O)[C@@H](C)[C@H](C)O)CC(=O)N(C)[C@@H](CC(C)C)C(=O)N[C@H](C(=O)N[C@@H](CN)C(N)=O)C1CCCCC1. The average Bonchev–Trinajstić information content (AvgIpc) is 3.02. The van der Waals surface area contributed by atoms with E-state index in [1.165, 1.54) is 4.90 Å². The molecule has 1 fully saturated rings. The lowest BCUT2D eigenvalue weighted by Crippen LogP contribution is -2.60. The monoisotopic (exact) mass is 653 g/mol. The quantitative estimate of drug-likeness (QED) is 0.0924. The van der Waals surface area contributed by atoms with Gasteiger partial charge in [-0.2, -0.15) is 0 Å². The first kappa shape index (κ1) is 41.3. The normalized spacial score (nSPS) is 17.1. The summed E-state index contributed by atoms with van der Waals surface area (Å²) in [6.07, 6.45) is 8.13. The number of unbranched alkanes of at least 4 members (excludes halogenated alkanes) is 3. The second kappa shape index (κ2) is 21.9. The van der Waals surface area contributed by atoms with Gasteiger partial charge in [-0.15, -0.1) is 0 Å². The Balaban J connectivity index is 3.10. The van der Waals surface area contributed by atoms with Crippen molar-refractivity contribution in [1.82, 2.24) is 25.8 Å². The van der Waals surface area contributed by atoms with Gasteiger partial charge in [0.2, 0.25) is 29.5 Å². The van der Waals surface area contributed by atoms with Crippen LogP contribution >= 0.6 is 0 Å². The van der Waals surface area contributed by atoms with Gasteiger partial charge in [-0.3, -0.25) is 28.9 Å². The lowest BCUT2D eigenvalue weighted by Gasteiger charge is -2.35. The highest BCUT2D eigenvalue weighted by atomic mass is 16.3. The molecule has 0 spiro atoms. The summed E-state index contributed by atoms with van der Waals surface area (Å²) in [5.41, 5.74) is 11.1. The number of nitrogens with two attached hydrogens (primary N) is 2. The van der Waals surface area contributed by atoms with E-state index < -0.39 is 47.9 Å². The number of amides is 5. The Bertz CT molecular complexity index is 957. The molecule has 1 aliphatic carbocycles. The van der Waals surface area contributed by atoms with E-state index in [2.05, 4.69) is 22.9 Å². The average molecular weight is 654 g/mol. The molecular formula is C33H63N7O6. The number of carbonyl (C=O) groups excluding carboxylic acids is 5. The van der Waals surface area contributed by atoms with E-state index in [0.717, 1.165) is 57.8 Å². The van der Waals surface area contributed by atoms with Crippen LogP contribution in [0.5, 0.6) is 0 Å². The van der Waals surface area contributed by atoms with Crippen molar-refractivity contribution in [2.75, 3.05) is 39.8 Å². The minimum atomic E-state index is -1.05. The molecule has 0 aromatic heterocycles. The van der Waals surface area contributed by atoms with Crippen LogP contribution in [0.3, 0.4) is 0 Å². The molecule has 1 aliphatic rings. The van der Waals surface area contributed by atoms with Crippen LogP contribution in [-0.4, -0.2) is 108 Å². The first-order valence-corrected chi connectivity index (χ1v) is 17.3. The topological polar surface area (TPSA) is 200 Å². The van der Waals surface area contributed by atoms with Crippen LogP contribution in [0, 0.1) is 17.8 Å². The molecule has 0 unspecified atom stereocenters. The smallest absolute Gasteiger partial charge is 0.243 e. The summed E-state index contributed by atoms with van der Waals surface area (Å²) >= 11 is 0. The van der Waals surface area contributed by atoms with Crippen molar-refractivity contribution in [1.29, 1.82) is 0 Å². The van der Waals surface area contributed by atoms with E-state index in [1.807, 2.05) is 18.7 Å². The maximum absolute atomic E-state index is 13.9. The molecule has 0 bridgehead atoms. The summed E-state index contributed by atoms with van der Waals surface area (Å²) < 4.78 is 0. The largest absolute Gasteiger partial charge is 0.393 e. The molecule has 13 heteroatoms. The summed E-state index contributed by atoms with van der Waals surface area (Å²) in [6.45, 7) is 10.6. The standard InChI is InChI=1S/C33H63N7O6/c1-7-8-9-13-17-40(18-16-36-31(44)23(4)24(5)41)21-28(42)39(6)27(19-22(2)3)32(45)38-29(25-14-11-10-12-15-25)33(46)37-26(20-34)30(35)43/h22-27,29,41H,7-21,34H2,1-6H3,(H2,35,43)(H,36,44)(H,37,46)(H,38,45)/t23-,24-,26-,27-,29-/m0/s1. The maximum Gasteiger partial charge on any atom is 0.243 e. The number of aliphatic hydroxyl groups excluding tert-OH is 1. The van der Waals surface area contributed by atoms with Gasteiger partial charge in [-0.1, -0.05) is 66.2 Å². The number of aliphatic hydroxyl groups is 1. The fourth-order valence-corrected chi connectivity index (χ4v) is 5.74. The fourth-order valence-electron chi connectivity index (χ4n) is 5.74. The van der Waals surface area contributed by atoms with Crippen LogP contribution in [0.15, 0.2) is 0 Å². The second-order valence-electron chi connectivity index (χ2n) is 13.4. The zero-order valence-electron chi connectivity index (χ0n) is 29.2. The Labute approximate surface area is 276 Å². The van der Waals surface area contributed by atoms with Crippen LogP contribution in [-0.2, 0) is 24.0 Å². The Hall–Kier alpha value is -2.77. The molecule has 0 aliphatic heterocycles. The van der Waals surface area contributed by atoms with Gasteiger partial charge < -0.3 is 37.4 Å². The van der Waals surface area contributed by atoms with E-state index >= 15 is 0 Å². The highest BCUT2D eigenvalue weighted by molar-refractivity contribution is 5.94. The van der Waals surface area contributed by atoms with Gasteiger partial charge >= 0.3 is 0 Å². The van der Waals surface area contributed by atoms with Crippen LogP contribution in [0.4, 0.5) is 0 Å². The van der Waals surface area contributed by atoms with Crippen molar-refractivity contribution in [3.63, 3.8) is 0 Å². The summed E-state index contributed by atoms with van der Waals surface area (Å²) in [5, 5.41) is 18.1. The van der Waals surface area contributed by atoms with Crippen LogP contribution < -0.4 is 27.4 Å². The van der Waals surface area contributed by atoms with Crippen LogP contribution in [0.1, 0.15) is 98.8 Å². The molecule has 46 heavy (non-hydrogen) atoms. The van der Waals surface area contributed by atoms with Gasteiger partial charge in [-0.05, 0) is 51.0 Å². The molecule has 13 nitrogen and oxygen atoms in total. The number of hydrogen-bond donors (Lipinski definition) is 6. The van der Waals surface area contributed by atoms with Gasteiger partial charge in [0.1, 0.15) is 18.1 Å². The maximum atomic E-state index is 13.9. The second-order valence-corrected chi connectivity index (χ2v) is 13.4. The summed E-state index contributed by atoms with van der Waals surface area (Å²) in [6, 6.07) is -2.75. The third-order valence-electron chi connectivity index (χ3n) is 9.01. The molecule has 266 valence electrons. The predicted molar refractivity (Wildman–Crippen MR) is 179 cm³/mol. The number of likely N-dealkylation sites (N-methyl/N-ethyl adjacent to an activating group) is 1. The number of rotatable bonds is 22. The van der Waals surface area contributed by atoms with Crippen molar-refractivity contribution >= 4 is 29.5 Å². The van der Waals surface area contributed by atoms with E-state index in [1.54, 1.807) is 20.9 Å². The lowest BCUT2D eigenvalue weighted by molar-refractivity contribution is -0.142. The number of carbonyl (C=O) groups is 5. The molecule has 0 heterocycles. The van der Waals surface area contributed by atoms with Gasteiger partial charge in [0, 0.05) is 26.7 Å². The minimum absolute atomic E-state index is 0.0651. The molecule has 5 amide bonds. The highest BCUT2D eigenvalue weighted by Gasteiger charge is 2.36. The molecule has 1 rings (SSSR count). The molecule has 0 aromatic rings. The van der Waals surface area contributed by atoms with E-state index in [0.29, 0.717) is 26.1 Å². The van der Waals surface area contributed by atoms with E-state index in [4.69, 9.17) is 11.5 Å². The first-order chi connectivity index (χ1) is 21.7. The van der Waals surface area contributed by atoms with Crippen molar-refractivity contribution in [3.05, 3.63) is 0 Å². The summed E-state index contributed by atoms with van der Waals surface area (Å²) in [4.78, 5) is 68.6. The number of hydrogen-bond acceptors (Lipinski definition) is 8. The summed E-state index contributed by atoms with van der Waals surface area (Å²) in [5.74, 6) is -2.74. The Morgan fingerprint density at radius 1 is 0.891 bits per heavy atom. The number of nitrogens with zero attached hydrogens (tertiary/aromatic N) is 2. The number of nitrogens with one attached hydrogen (secondary N) is 3. The Kier molecular flexibility index (Phi) is 19.7. The minimum Gasteiger partial charge on any atom is -0.393 e. The van der Waals surface area contributed by atoms with Crippen molar-refractivity contribution in [2.24, 2.45) is 29.2 Å². The van der Waals surface area contributed by atoms with Crippen molar-refractivity contribution in [3.8, 4) is 0 Å². The van der Waals surface area contributed by atoms with Crippen LogP contribution in [0.2, 0.25) is 0 Å². The first-order valence-electron chi connectivity index (χ1n) is 17.3. The fraction of sp³-hybridized carbons (Fsp3) is 0.848. The zero-order chi connectivity index (χ0) is 34.8. The van der Waals surface area contributed by atoms with Crippen molar-refractivity contribution < 1.29 is 29.1 Å². The third kappa shape index (κ3) is 14.8. The molecule has 0 radical (unpaired) electrons. The number of primary amides is 1. The Morgan fingerprint density at radius 2 is 1.54 bits per heavy atom. The van der Waals surface area contributed by atoms with Gasteiger partial charge in [0.05, 0.1) is 18.6 Å². The lowest BCUT2D eigenvalue weighted by atomic mass is 9.83. The van der Waals surface area contributed by atoms with Gasteiger partial charge in [0.15, 0.2) is 0 Å². The molecule has 0 aromatic carbocycles. The van der Waals surface area contributed by atoms with E-state index in [9.17, 15) is 29.1 Å². The zero-order valence-corrected chi connectivity index (χ0v) is 29.2. The van der Waals surface area contributed by atoms with Gasteiger partial charge in [-0.25, -0.2) is 0 Å². The van der Waals surface area contributed by atoms with Crippen LogP contribution in [0.25, 0.3) is 0 Å². The van der Waals surface area contributed by atoms with Gasteiger partial charge in [0.25, 0.3) is 0 Å². The van der Waals surface area contributed by atoms with Crippen molar-refractivity contribution in [2.45, 2.75) is 123 Å². The molecule has 5 atom stereocenters.